The average molecular weight is 448 g/mol. The van der Waals surface area contributed by atoms with Crippen LogP contribution in [0.3, 0.4) is 0 Å². The van der Waals surface area contributed by atoms with E-state index in [0.29, 0.717) is 37.5 Å². The highest BCUT2D eigenvalue weighted by atomic mass is 19.1. The van der Waals surface area contributed by atoms with E-state index in [1.54, 1.807) is 0 Å². The van der Waals surface area contributed by atoms with Crippen LogP contribution < -0.4 is 10.2 Å². The standard InChI is InChI=1S/C24H26FN7O/c1-15-24(28-19-7-3-2-6-18(19)26-15)20-11-22-29-21(31-9-8-16(25)13-31)12-23(32(22)30-20)27-17-5-4-10-33-14-17/h2-3,6-7,11-12,16-17,27H,4-5,8-10,13-14H2,1H3/t16-,17+/m1/s1. The molecule has 33 heavy (non-hydrogen) atoms. The van der Waals surface area contributed by atoms with E-state index in [1.807, 2.05) is 52.7 Å². The first kappa shape index (κ1) is 20.3. The fraction of sp³-hybridized carbons (Fsp3) is 0.417. The molecule has 3 aromatic heterocycles. The summed E-state index contributed by atoms with van der Waals surface area (Å²) in [6.45, 7) is 4.42. The minimum Gasteiger partial charge on any atom is -0.379 e. The van der Waals surface area contributed by atoms with Gasteiger partial charge >= 0.3 is 0 Å². The summed E-state index contributed by atoms with van der Waals surface area (Å²) >= 11 is 0. The molecule has 0 bridgehead atoms. The van der Waals surface area contributed by atoms with Gasteiger partial charge in [-0.25, -0.2) is 19.3 Å². The van der Waals surface area contributed by atoms with Crippen molar-refractivity contribution in [1.82, 2.24) is 24.6 Å². The quantitative estimate of drug-likeness (QED) is 0.510. The molecule has 1 aromatic carbocycles. The van der Waals surface area contributed by atoms with Crippen LogP contribution in [0.15, 0.2) is 36.4 Å². The van der Waals surface area contributed by atoms with Crippen LogP contribution in [0.2, 0.25) is 0 Å². The van der Waals surface area contributed by atoms with Gasteiger partial charge in [0, 0.05) is 25.3 Å². The first-order chi connectivity index (χ1) is 16.1. The van der Waals surface area contributed by atoms with Crippen LogP contribution in [0.4, 0.5) is 16.0 Å². The Morgan fingerprint density at radius 1 is 1.09 bits per heavy atom. The Morgan fingerprint density at radius 3 is 2.70 bits per heavy atom. The topological polar surface area (TPSA) is 80.5 Å². The van der Waals surface area contributed by atoms with Crippen LogP contribution in [0, 0.1) is 6.92 Å². The van der Waals surface area contributed by atoms with Crippen molar-refractivity contribution >= 4 is 28.3 Å². The lowest BCUT2D eigenvalue weighted by molar-refractivity contribution is 0.0874. The highest BCUT2D eigenvalue weighted by Gasteiger charge is 2.25. The highest BCUT2D eigenvalue weighted by molar-refractivity contribution is 5.78. The number of alkyl halides is 1. The smallest absolute Gasteiger partial charge is 0.160 e. The van der Waals surface area contributed by atoms with Gasteiger partial charge in [0.15, 0.2) is 5.65 Å². The number of aryl methyl sites for hydroxylation is 1. The second-order valence-electron chi connectivity index (χ2n) is 8.84. The number of aromatic nitrogens is 5. The Morgan fingerprint density at radius 2 is 1.94 bits per heavy atom. The minimum absolute atomic E-state index is 0.194. The summed E-state index contributed by atoms with van der Waals surface area (Å²) in [5.74, 6) is 1.58. The zero-order chi connectivity index (χ0) is 22.4. The van der Waals surface area contributed by atoms with Gasteiger partial charge in [-0.15, -0.1) is 0 Å². The summed E-state index contributed by atoms with van der Waals surface area (Å²) in [5.41, 5.74) is 4.64. The Hall–Kier alpha value is -3.33. The van der Waals surface area contributed by atoms with Gasteiger partial charge in [0.25, 0.3) is 0 Å². The number of ether oxygens (including phenoxy) is 1. The van der Waals surface area contributed by atoms with Gasteiger partial charge in [-0.3, -0.25) is 0 Å². The number of anilines is 2. The van der Waals surface area contributed by atoms with E-state index in [0.717, 1.165) is 53.5 Å². The SMILES string of the molecule is Cc1nc2ccccc2nc1-c1cc2nc(N3CC[C@@H](F)C3)cc(N[C@H]3CCCOC3)n2n1. The van der Waals surface area contributed by atoms with Crippen molar-refractivity contribution in [3.05, 3.63) is 42.1 Å². The largest absolute Gasteiger partial charge is 0.379 e. The maximum Gasteiger partial charge on any atom is 0.160 e. The number of para-hydroxylation sites is 2. The summed E-state index contributed by atoms with van der Waals surface area (Å²) in [6.07, 6.45) is 1.76. The van der Waals surface area contributed by atoms with Gasteiger partial charge in [0.1, 0.15) is 29.2 Å². The summed E-state index contributed by atoms with van der Waals surface area (Å²) in [5, 5.41) is 8.44. The third-order valence-electron chi connectivity index (χ3n) is 6.37. The van der Waals surface area contributed by atoms with Crippen molar-refractivity contribution in [2.75, 3.05) is 36.5 Å². The molecule has 6 rings (SSSR count). The Labute approximate surface area is 190 Å². The van der Waals surface area contributed by atoms with E-state index in [4.69, 9.17) is 24.8 Å². The predicted octanol–water partition coefficient (Wildman–Crippen LogP) is 3.79. The first-order valence-electron chi connectivity index (χ1n) is 11.5. The number of hydrogen-bond acceptors (Lipinski definition) is 7. The number of benzene rings is 1. The van der Waals surface area contributed by atoms with Gasteiger partial charge in [-0.1, -0.05) is 12.1 Å². The second-order valence-corrected chi connectivity index (χ2v) is 8.84. The molecule has 2 fully saturated rings. The van der Waals surface area contributed by atoms with Crippen LogP contribution in [0.25, 0.3) is 28.1 Å². The molecule has 0 amide bonds. The maximum absolute atomic E-state index is 13.9. The number of nitrogens with one attached hydrogen (secondary N) is 1. The minimum atomic E-state index is -0.817. The van der Waals surface area contributed by atoms with Crippen molar-refractivity contribution in [1.29, 1.82) is 0 Å². The van der Waals surface area contributed by atoms with E-state index in [-0.39, 0.29) is 6.04 Å². The molecule has 0 saturated carbocycles. The summed E-state index contributed by atoms with van der Waals surface area (Å²) in [7, 11) is 0. The lowest BCUT2D eigenvalue weighted by atomic mass is 10.1. The molecule has 4 aromatic rings. The Bertz CT molecular complexity index is 1320. The van der Waals surface area contributed by atoms with Crippen LogP contribution in [-0.2, 0) is 4.74 Å². The maximum atomic E-state index is 13.9. The van der Waals surface area contributed by atoms with E-state index in [2.05, 4.69) is 5.32 Å². The lowest BCUT2D eigenvalue weighted by Gasteiger charge is -2.25. The molecule has 5 heterocycles. The fourth-order valence-corrected chi connectivity index (χ4v) is 4.66. The van der Waals surface area contributed by atoms with Crippen LogP contribution in [-0.4, -0.2) is 63.1 Å². The molecule has 2 saturated heterocycles. The predicted molar refractivity (Wildman–Crippen MR) is 125 cm³/mol. The van der Waals surface area contributed by atoms with E-state index in [1.165, 1.54) is 0 Å². The van der Waals surface area contributed by atoms with Gasteiger partial charge < -0.3 is 15.0 Å². The molecule has 9 heteroatoms. The molecule has 0 spiro atoms. The zero-order valence-electron chi connectivity index (χ0n) is 18.5. The highest BCUT2D eigenvalue weighted by Crippen LogP contribution is 2.29. The summed E-state index contributed by atoms with van der Waals surface area (Å²) in [4.78, 5) is 16.4. The Balaban J connectivity index is 1.45. The molecule has 1 N–H and O–H groups in total. The molecular weight excluding hydrogens is 421 g/mol. The first-order valence-corrected chi connectivity index (χ1v) is 11.5. The molecule has 0 radical (unpaired) electrons. The molecule has 8 nitrogen and oxygen atoms in total. The number of nitrogens with zero attached hydrogens (tertiary/aromatic N) is 6. The molecule has 0 aliphatic carbocycles. The van der Waals surface area contributed by atoms with E-state index in [9.17, 15) is 4.39 Å². The van der Waals surface area contributed by atoms with E-state index >= 15 is 0 Å². The van der Waals surface area contributed by atoms with Gasteiger partial charge in [0.2, 0.25) is 0 Å². The third-order valence-corrected chi connectivity index (χ3v) is 6.37. The third kappa shape index (κ3) is 3.86. The average Bonchev–Trinajstić information content (AvgIpc) is 3.45. The fourth-order valence-electron chi connectivity index (χ4n) is 4.66. The van der Waals surface area contributed by atoms with Crippen molar-refractivity contribution in [2.24, 2.45) is 0 Å². The monoisotopic (exact) mass is 447 g/mol. The molecule has 170 valence electrons. The number of halogens is 1. The van der Waals surface area contributed by atoms with Crippen molar-refractivity contribution in [3.8, 4) is 11.4 Å². The zero-order valence-corrected chi connectivity index (χ0v) is 18.5. The molecule has 2 atom stereocenters. The van der Waals surface area contributed by atoms with Crippen LogP contribution >= 0.6 is 0 Å². The van der Waals surface area contributed by atoms with Crippen molar-refractivity contribution in [3.63, 3.8) is 0 Å². The second kappa shape index (κ2) is 8.22. The summed E-state index contributed by atoms with van der Waals surface area (Å²) in [6, 6.07) is 11.9. The van der Waals surface area contributed by atoms with Gasteiger partial charge in [-0.05, 0) is 38.3 Å². The van der Waals surface area contributed by atoms with Crippen molar-refractivity contribution < 1.29 is 9.13 Å². The van der Waals surface area contributed by atoms with Crippen LogP contribution in [0.1, 0.15) is 25.0 Å². The number of hydrogen-bond donors (Lipinski definition) is 1. The summed E-state index contributed by atoms with van der Waals surface area (Å²) < 4.78 is 21.4. The van der Waals surface area contributed by atoms with Crippen molar-refractivity contribution in [2.45, 2.75) is 38.4 Å². The normalized spacial score (nSPS) is 21.2. The molecule has 2 aliphatic heterocycles. The Kier molecular flexibility index (Phi) is 5.05. The molecule has 2 aliphatic rings. The number of fused-ring (bicyclic) bond motifs is 2. The lowest BCUT2D eigenvalue weighted by Crippen LogP contribution is -2.31. The molecule has 0 unspecified atom stereocenters. The van der Waals surface area contributed by atoms with Gasteiger partial charge in [0.05, 0.1) is 35.9 Å². The van der Waals surface area contributed by atoms with Gasteiger partial charge in [-0.2, -0.15) is 9.61 Å². The van der Waals surface area contributed by atoms with Crippen LogP contribution in [0.5, 0.6) is 0 Å². The number of rotatable bonds is 4. The van der Waals surface area contributed by atoms with E-state index < -0.39 is 6.17 Å². The molecular formula is C24H26FN7O.